The summed E-state index contributed by atoms with van der Waals surface area (Å²) in [5.41, 5.74) is 1.16. The highest BCUT2D eigenvalue weighted by Gasteiger charge is 2.23. The van der Waals surface area contributed by atoms with Gasteiger partial charge in [-0.25, -0.2) is 9.97 Å². The van der Waals surface area contributed by atoms with E-state index in [1.165, 1.54) is 6.33 Å². The Bertz CT molecular complexity index is 962. The monoisotopic (exact) mass is 351 g/mol. The predicted octanol–water partition coefficient (Wildman–Crippen LogP) is 1.64. The van der Waals surface area contributed by atoms with Gasteiger partial charge in [0.05, 0.1) is 23.7 Å². The van der Waals surface area contributed by atoms with Crippen LogP contribution in [0.25, 0.3) is 10.9 Å². The fraction of sp³-hybridized carbons (Fsp3) is 0.333. The van der Waals surface area contributed by atoms with E-state index >= 15 is 0 Å². The number of aromatic amines is 1. The molecule has 0 saturated carbocycles. The average molecular weight is 351 g/mol. The van der Waals surface area contributed by atoms with E-state index in [0.717, 1.165) is 24.6 Å². The maximum atomic E-state index is 12.4. The normalized spacial score (nSPS) is 20.3. The van der Waals surface area contributed by atoms with Crippen molar-refractivity contribution in [3.05, 3.63) is 47.3 Å². The molecule has 0 unspecified atom stereocenters. The van der Waals surface area contributed by atoms with Gasteiger partial charge < -0.3 is 20.5 Å². The van der Waals surface area contributed by atoms with Gasteiger partial charge in [-0.1, -0.05) is 0 Å². The van der Waals surface area contributed by atoms with Crippen molar-refractivity contribution in [1.82, 2.24) is 25.3 Å². The van der Waals surface area contributed by atoms with Gasteiger partial charge in [-0.15, -0.1) is 0 Å². The van der Waals surface area contributed by atoms with Gasteiger partial charge in [0.2, 0.25) is 0 Å². The van der Waals surface area contributed by atoms with Crippen molar-refractivity contribution >= 4 is 28.2 Å². The first kappa shape index (κ1) is 16.5. The van der Waals surface area contributed by atoms with E-state index in [9.17, 15) is 4.79 Å². The molecular weight excluding hydrogens is 330 g/mol. The molecule has 4 rings (SSSR count). The Labute approximate surface area is 150 Å². The highest BCUT2D eigenvalue weighted by atomic mass is 16.1. The molecule has 0 aromatic carbocycles. The number of hydrogen-bond donors (Lipinski definition) is 3. The fourth-order valence-electron chi connectivity index (χ4n) is 3.42. The lowest BCUT2D eigenvalue weighted by atomic mass is 10.1. The average Bonchev–Trinajstić information content (AvgIpc) is 2.61. The van der Waals surface area contributed by atoms with Crippen LogP contribution < -0.4 is 21.1 Å². The Morgan fingerprint density at radius 3 is 2.81 bits per heavy atom. The maximum Gasteiger partial charge on any atom is 0.262 e. The summed E-state index contributed by atoms with van der Waals surface area (Å²) in [4.78, 5) is 30.4. The van der Waals surface area contributed by atoms with Crippen molar-refractivity contribution in [3.63, 3.8) is 0 Å². The number of hydrogen-bond acceptors (Lipinski definition) is 7. The van der Waals surface area contributed by atoms with Crippen LogP contribution in [0.15, 0.2) is 41.7 Å². The Kier molecular flexibility index (Phi) is 4.26. The second-order valence-electron chi connectivity index (χ2n) is 6.70. The van der Waals surface area contributed by atoms with E-state index in [1.54, 1.807) is 12.4 Å². The summed E-state index contributed by atoms with van der Waals surface area (Å²) < 4.78 is 0. The van der Waals surface area contributed by atoms with Crippen LogP contribution in [0.4, 0.5) is 17.3 Å². The number of pyridine rings is 2. The zero-order valence-corrected chi connectivity index (χ0v) is 14.7. The molecule has 2 atom stereocenters. The first-order valence-electron chi connectivity index (χ1n) is 8.66. The first-order valence-corrected chi connectivity index (χ1v) is 8.66. The van der Waals surface area contributed by atoms with Crippen molar-refractivity contribution in [2.24, 2.45) is 0 Å². The highest BCUT2D eigenvalue weighted by molar-refractivity contribution is 5.92. The molecule has 0 amide bonds. The molecule has 0 bridgehead atoms. The van der Waals surface area contributed by atoms with E-state index < -0.39 is 0 Å². The van der Waals surface area contributed by atoms with Crippen molar-refractivity contribution in [3.8, 4) is 0 Å². The minimum Gasteiger partial charge on any atom is -0.353 e. The highest BCUT2D eigenvalue weighted by Crippen LogP contribution is 2.26. The number of rotatable bonds is 3. The van der Waals surface area contributed by atoms with E-state index in [-0.39, 0.29) is 5.56 Å². The van der Waals surface area contributed by atoms with Crippen molar-refractivity contribution in [1.29, 1.82) is 0 Å². The molecule has 3 N–H and O–H groups in total. The number of H-pyrrole nitrogens is 1. The van der Waals surface area contributed by atoms with Crippen LogP contribution in [0, 0.1) is 0 Å². The van der Waals surface area contributed by atoms with Gasteiger partial charge in [-0.05, 0) is 26.0 Å². The molecule has 1 aliphatic heterocycles. The van der Waals surface area contributed by atoms with E-state index in [0.29, 0.717) is 28.8 Å². The summed E-state index contributed by atoms with van der Waals surface area (Å²) in [7, 11) is 0. The SMILES string of the molecule is C[C@@H]1CN(c2cc3nc[nH]c(=O)c3c(Nc3cccnc3)n2)C[C@H](C)N1. The van der Waals surface area contributed by atoms with E-state index in [2.05, 4.69) is 44.3 Å². The Balaban J connectivity index is 1.81. The Hall–Kier alpha value is -3.00. The molecule has 8 nitrogen and oxygen atoms in total. The summed E-state index contributed by atoms with van der Waals surface area (Å²) in [5.74, 6) is 1.29. The van der Waals surface area contributed by atoms with Crippen LogP contribution >= 0.6 is 0 Å². The molecule has 0 aliphatic carbocycles. The fourth-order valence-corrected chi connectivity index (χ4v) is 3.42. The molecule has 3 aromatic heterocycles. The molecule has 134 valence electrons. The lowest BCUT2D eigenvalue weighted by molar-refractivity contribution is 0.405. The molecule has 1 fully saturated rings. The van der Waals surface area contributed by atoms with Crippen LogP contribution in [0.1, 0.15) is 13.8 Å². The van der Waals surface area contributed by atoms with E-state index in [1.807, 2.05) is 18.2 Å². The molecule has 8 heteroatoms. The van der Waals surface area contributed by atoms with Gasteiger partial charge in [-0.2, -0.15) is 0 Å². The van der Waals surface area contributed by atoms with E-state index in [4.69, 9.17) is 4.98 Å². The second-order valence-corrected chi connectivity index (χ2v) is 6.70. The lowest BCUT2D eigenvalue weighted by Crippen LogP contribution is -2.54. The van der Waals surface area contributed by atoms with Crippen LogP contribution in [0.3, 0.4) is 0 Å². The first-order chi connectivity index (χ1) is 12.6. The zero-order chi connectivity index (χ0) is 18.1. The second kappa shape index (κ2) is 6.72. The standard InChI is InChI=1S/C18H21N7O/c1-11-8-25(9-12(2)22-11)15-6-14-16(18(26)21-10-20-14)17(24-15)23-13-4-3-5-19-7-13/h3-7,10-12,22H,8-9H2,1-2H3,(H,23,24)(H,20,21,26)/t11-,12+. The van der Waals surface area contributed by atoms with Crippen LogP contribution in [0.2, 0.25) is 0 Å². The van der Waals surface area contributed by atoms with Crippen LogP contribution in [-0.2, 0) is 0 Å². The van der Waals surface area contributed by atoms with Gasteiger partial charge in [0, 0.05) is 37.4 Å². The van der Waals surface area contributed by atoms with Gasteiger partial charge in [0.25, 0.3) is 5.56 Å². The van der Waals surface area contributed by atoms with Gasteiger partial charge >= 0.3 is 0 Å². The Morgan fingerprint density at radius 1 is 1.27 bits per heavy atom. The smallest absolute Gasteiger partial charge is 0.262 e. The number of fused-ring (bicyclic) bond motifs is 1. The zero-order valence-electron chi connectivity index (χ0n) is 14.7. The molecule has 3 aromatic rings. The summed E-state index contributed by atoms with van der Waals surface area (Å²) in [6, 6.07) is 6.31. The molecule has 0 spiro atoms. The summed E-state index contributed by atoms with van der Waals surface area (Å²) in [6.07, 6.45) is 4.82. The molecule has 26 heavy (non-hydrogen) atoms. The molecule has 0 radical (unpaired) electrons. The largest absolute Gasteiger partial charge is 0.353 e. The number of anilines is 3. The van der Waals surface area contributed by atoms with Crippen LogP contribution in [-0.4, -0.2) is 45.1 Å². The van der Waals surface area contributed by atoms with Crippen molar-refractivity contribution < 1.29 is 0 Å². The summed E-state index contributed by atoms with van der Waals surface area (Å²) >= 11 is 0. The topological polar surface area (TPSA) is 98.8 Å². The third-order valence-corrected chi connectivity index (χ3v) is 4.42. The molecule has 1 aliphatic rings. The minimum absolute atomic E-state index is 0.220. The van der Waals surface area contributed by atoms with Gasteiger partial charge in [0.15, 0.2) is 0 Å². The molecular formula is C18H21N7O. The molecule has 1 saturated heterocycles. The summed E-state index contributed by atoms with van der Waals surface area (Å²) in [5, 5.41) is 7.17. The van der Waals surface area contributed by atoms with Crippen molar-refractivity contribution in [2.45, 2.75) is 25.9 Å². The summed E-state index contributed by atoms with van der Waals surface area (Å²) in [6.45, 7) is 6.00. The Morgan fingerprint density at radius 2 is 2.08 bits per heavy atom. The third kappa shape index (κ3) is 3.23. The predicted molar refractivity (Wildman–Crippen MR) is 102 cm³/mol. The maximum absolute atomic E-state index is 12.4. The third-order valence-electron chi connectivity index (χ3n) is 4.42. The van der Waals surface area contributed by atoms with Crippen LogP contribution in [0.5, 0.6) is 0 Å². The van der Waals surface area contributed by atoms with Gasteiger partial charge in [-0.3, -0.25) is 9.78 Å². The number of piperazine rings is 1. The van der Waals surface area contributed by atoms with Crippen molar-refractivity contribution in [2.75, 3.05) is 23.3 Å². The lowest BCUT2D eigenvalue weighted by Gasteiger charge is -2.37. The number of nitrogens with one attached hydrogen (secondary N) is 3. The molecule has 4 heterocycles. The minimum atomic E-state index is -0.220. The van der Waals surface area contributed by atoms with Gasteiger partial charge in [0.1, 0.15) is 17.0 Å². The number of nitrogens with zero attached hydrogens (tertiary/aromatic N) is 4. The number of aromatic nitrogens is 4. The quantitative estimate of drug-likeness (QED) is 0.660.